The van der Waals surface area contributed by atoms with E-state index in [1.165, 1.54) is 32.2 Å². The van der Waals surface area contributed by atoms with Crippen LogP contribution in [0.5, 0.6) is 5.88 Å². The van der Waals surface area contributed by atoms with Crippen LogP contribution < -0.4 is 14.4 Å². The summed E-state index contributed by atoms with van der Waals surface area (Å²) in [5.74, 6) is -2.47. The van der Waals surface area contributed by atoms with E-state index in [1.54, 1.807) is 12.1 Å². The highest BCUT2D eigenvalue weighted by Crippen LogP contribution is 2.31. The minimum Gasteiger partial charge on any atom is -0.755 e. The fraction of sp³-hybridized carbons (Fsp3) is 0.280. The summed E-state index contributed by atoms with van der Waals surface area (Å²) in [7, 11) is 1.17. The van der Waals surface area contributed by atoms with E-state index in [0.717, 1.165) is 23.3 Å². The average molecular weight is 539 g/mol. The van der Waals surface area contributed by atoms with E-state index in [-0.39, 0.29) is 35.8 Å². The van der Waals surface area contributed by atoms with Gasteiger partial charge in [-0.15, -0.1) is 0 Å². The number of ether oxygens (including phenoxy) is 1. The van der Waals surface area contributed by atoms with Gasteiger partial charge in [-0.05, 0) is 49.2 Å². The molecule has 198 valence electrons. The van der Waals surface area contributed by atoms with E-state index in [2.05, 4.69) is 10.3 Å². The summed E-state index contributed by atoms with van der Waals surface area (Å²) in [6, 6.07) is 12.9. The molecule has 3 aromatic rings. The molecule has 0 fully saturated rings. The Kier molecular flexibility index (Phi) is 8.87. The average Bonchev–Trinajstić information content (AvgIpc) is 2.85. The fourth-order valence-corrected chi connectivity index (χ4v) is 3.65. The molecule has 37 heavy (non-hydrogen) atoms. The van der Waals surface area contributed by atoms with Gasteiger partial charge < -0.3 is 18.9 Å². The molecule has 2 unspecified atom stereocenters. The molecule has 12 heteroatoms. The lowest BCUT2D eigenvalue weighted by atomic mass is 9.99. The monoisotopic (exact) mass is 538 g/mol. The van der Waals surface area contributed by atoms with Crippen molar-refractivity contribution >= 4 is 22.9 Å². The molecule has 2 aromatic carbocycles. The van der Waals surface area contributed by atoms with Crippen molar-refractivity contribution in [2.24, 2.45) is 0 Å². The molecule has 1 heterocycles. The van der Waals surface area contributed by atoms with Crippen LogP contribution in [0.25, 0.3) is 0 Å². The second kappa shape index (κ2) is 11.7. The van der Waals surface area contributed by atoms with Crippen LogP contribution in [0.1, 0.15) is 40.8 Å². The van der Waals surface area contributed by atoms with Gasteiger partial charge in [0.2, 0.25) is 11.8 Å². The van der Waals surface area contributed by atoms with Crippen molar-refractivity contribution in [3.63, 3.8) is 0 Å². The predicted molar refractivity (Wildman–Crippen MR) is 129 cm³/mol. The number of hydrogen-bond acceptors (Lipinski definition) is 5. The number of hydrogen-bond donors (Lipinski definition) is 1. The zero-order chi connectivity index (χ0) is 27.3. The van der Waals surface area contributed by atoms with Crippen LogP contribution in [0.2, 0.25) is 0 Å². The van der Waals surface area contributed by atoms with Gasteiger partial charge in [0.1, 0.15) is 18.1 Å². The number of carbonyl (C=O) groups is 1. The number of nitrogens with zero attached hydrogens (tertiary/aromatic N) is 2. The maximum absolute atomic E-state index is 14.4. The lowest BCUT2D eigenvalue weighted by Gasteiger charge is -2.22. The number of nitrogens with one attached hydrogen (secondary N) is 1. The van der Waals surface area contributed by atoms with Crippen LogP contribution in [0, 0.1) is 12.7 Å². The van der Waals surface area contributed by atoms with Crippen LogP contribution in [0.15, 0.2) is 54.6 Å². The summed E-state index contributed by atoms with van der Waals surface area (Å²) in [5, 5.41) is 2.60. The molecule has 0 saturated carbocycles. The number of aromatic nitrogens is 1. The molecule has 0 bridgehead atoms. The zero-order valence-corrected chi connectivity index (χ0v) is 21.0. The number of carbonyl (C=O) groups excluding carboxylic acids is 1. The summed E-state index contributed by atoms with van der Waals surface area (Å²) < 4.78 is 82.5. The largest absolute Gasteiger partial charge is 0.755 e. The van der Waals surface area contributed by atoms with Gasteiger partial charge in [0.25, 0.3) is 0 Å². The highest BCUT2D eigenvalue weighted by atomic mass is 32.2. The molecule has 0 radical (unpaired) electrons. The van der Waals surface area contributed by atoms with Gasteiger partial charge in [0.05, 0.1) is 11.6 Å². The minimum atomic E-state index is -4.68. The Morgan fingerprint density at radius 1 is 1.16 bits per heavy atom. The zero-order valence-electron chi connectivity index (χ0n) is 20.1. The van der Waals surface area contributed by atoms with Crippen molar-refractivity contribution < 1.29 is 35.9 Å². The number of aryl methyl sites for hydroxylation is 1. The number of alkyl halides is 3. The van der Waals surface area contributed by atoms with Crippen molar-refractivity contribution in [1.82, 2.24) is 10.3 Å². The summed E-state index contributed by atoms with van der Waals surface area (Å²) in [6.45, 7) is 3.20. The molecule has 0 aliphatic carbocycles. The summed E-state index contributed by atoms with van der Waals surface area (Å²) >= 11 is -2.67. The Hall–Kier alpha value is -3.51. The Morgan fingerprint density at radius 2 is 1.84 bits per heavy atom. The van der Waals surface area contributed by atoms with Crippen LogP contribution >= 0.6 is 0 Å². The van der Waals surface area contributed by atoms with Gasteiger partial charge in [0.15, 0.2) is 0 Å². The highest BCUT2D eigenvalue weighted by molar-refractivity contribution is 7.80. The maximum atomic E-state index is 14.4. The number of benzene rings is 2. The number of halogens is 4. The summed E-state index contributed by atoms with van der Waals surface area (Å²) in [6.07, 6.45) is -4.68. The molecular formula is C25H24F4N3O4S-. The molecular weight excluding hydrogens is 514 g/mol. The third-order valence-corrected chi connectivity index (χ3v) is 6.25. The van der Waals surface area contributed by atoms with Crippen molar-refractivity contribution in [3.05, 3.63) is 88.4 Å². The smallest absolute Gasteiger partial charge is 0.433 e. The Bertz CT molecular complexity index is 1290. The first-order valence-corrected chi connectivity index (χ1v) is 12.1. The number of rotatable bonds is 9. The normalized spacial score (nSPS) is 13.1. The summed E-state index contributed by atoms with van der Waals surface area (Å²) in [5.41, 5.74) is 0.933. The van der Waals surface area contributed by atoms with Crippen LogP contribution in [0.3, 0.4) is 0 Å². The Balaban J connectivity index is 1.74. The van der Waals surface area contributed by atoms with Gasteiger partial charge in [-0.3, -0.25) is 9.00 Å². The lowest BCUT2D eigenvalue weighted by Crippen LogP contribution is -2.28. The Labute approximate surface area is 213 Å². The van der Waals surface area contributed by atoms with E-state index in [1.807, 2.05) is 19.1 Å². The molecule has 1 N–H and O–H groups in total. The van der Waals surface area contributed by atoms with Crippen molar-refractivity contribution in [2.75, 3.05) is 11.4 Å². The number of anilines is 1. The highest BCUT2D eigenvalue weighted by Gasteiger charge is 2.33. The van der Waals surface area contributed by atoms with E-state index < -0.39 is 40.8 Å². The van der Waals surface area contributed by atoms with Crippen LogP contribution in [0.4, 0.5) is 23.2 Å². The van der Waals surface area contributed by atoms with Crippen LogP contribution in [-0.2, 0) is 35.4 Å². The third-order valence-electron chi connectivity index (χ3n) is 5.61. The van der Waals surface area contributed by atoms with Crippen LogP contribution in [-0.4, -0.2) is 26.7 Å². The van der Waals surface area contributed by atoms with Gasteiger partial charge in [-0.1, -0.05) is 35.9 Å². The molecule has 7 nitrogen and oxygen atoms in total. The molecule has 0 spiro atoms. The molecule has 1 aromatic heterocycles. The van der Waals surface area contributed by atoms with E-state index in [0.29, 0.717) is 4.31 Å². The van der Waals surface area contributed by atoms with E-state index in [9.17, 15) is 31.1 Å². The second-order valence-electron chi connectivity index (χ2n) is 8.30. The molecule has 0 aliphatic heterocycles. The molecule has 2 atom stereocenters. The Morgan fingerprint density at radius 3 is 2.43 bits per heavy atom. The standard InChI is InChI=1S/C25H25F4N3O4S/c1-15-4-6-17(7-5-15)14-36-24-19(9-11-22(31-24)25(27,28)29)13-30-23(33)16(2)18-8-10-21(20(26)12-18)32(3)37(34)35/h4-12,16H,13-14H2,1-3H3,(H,30,33)(H,34,35)/p-1. The van der Waals surface area contributed by atoms with Crippen molar-refractivity contribution in [3.8, 4) is 5.88 Å². The third kappa shape index (κ3) is 7.26. The molecule has 3 rings (SSSR count). The topological polar surface area (TPSA) is 94.6 Å². The van der Waals surface area contributed by atoms with E-state index in [4.69, 9.17) is 4.74 Å². The van der Waals surface area contributed by atoms with Gasteiger partial charge in [-0.2, -0.15) is 13.2 Å². The van der Waals surface area contributed by atoms with Crippen molar-refractivity contribution in [1.29, 1.82) is 0 Å². The van der Waals surface area contributed by atoms with Gasteiger partial charge in [-0.25, -0.2) is 9.37 Å². The first kappa shape index (κ1) is 28.1. The first-order valence-electron chi connectivity index (χ1n) is 11.0. The van der Waals surface area contributed by atoms with E-state index >= 15 is 0 Å². The molecule has 0 aliphatic rings. The number of amides is 1. The predicted octanol–water partition coefficient (Wildman–Crippen LogP) is 4.78. The quantitative estimate of drug-likeness (QED) is 0.313. The number of pyridine rings is 1. The SMILES string of the molecule is Cc1ccc(COc2nc(C(F)(F)F)ccc2CNC(=O)C(C)c2ccc(N(C)S(=O)[O-])c(F)c2)cc1. The molecule has 0 saturated heterocycles. The van der Waals surface area contributed by atoms with Gasteiger partial charge in [0, 0.05) is 30.4 Å². The second-order valence-corrected chi connectivity index (χ2v) is 9.28. The lowest BCUT2D eigenvalue weighted by molar-refractivity contribution is -0.141. The molecule has 1 amide bonds. The first-order chi connectivity index (χ1) is 17.4. The van der Waals surface area contributed by atoms with Crippen molar-refractivity contribution in [2.45, 2.75) is 39.1 Å². The minimum absolute atomic E-state index is 0.0276. The summed E-state index contributed by atoms with van der Waals surface area (Å²) in [4.78, 5) is 16.3. The van der Waals surface area contributed by atoms with Gasteiger partial charge >= 0.3 is 6.18 Å². The fourth-order valence-electron chi connectivity index (χ4n) is 3.34. The maximum Gasteiger partial charge on any atom is 0.433 e.